The summed E-state index contributed by atoms with van der Waals surface area (Å²) in [5.74, 6) is 0.0508. The number of esters is 2. The molecule has 0 heterocycles. The molecular formula is C38H68O6. The molecule has 0 aliphatic rings. The van der Waals surface area contributed by atoms with Gasteiger partial charge in [-0.05, 0) is 44.4 Å². The lowest BCUT2D eigenvalue weighted by molar-refractivity contribution is -0.152. The number of carbonyl (C=O) groups is 2. The third-order valence-electron chi connectivity index (χ3n) is 7.66. The Hall–Kier alpha value is -1.92. The molecule has 0 aromatic carbocycles. The molecule has 0 saturated carbocycles. The highest BCUT2D eigenvalue weighted by Crippen LogP contribution is 2.14. The quantitative estimate of drug-likeness (QED) is 0.0347. The number of carbonyl (C=O) groups excluding carboxylic acids is 2. The Labute approximate surface area is 270 Å². The van der Waals surface area contributed by atoms with Gasteiger partial charge in [0.15, 0.2) is 0 Å². The maximum Gasteiger partial charge on any atom is 0.305 e. The van der Waals surface area contributed by atoms with Crippen LogP contribution in [0.3, 0.4) is 0 Å². The van der Waals surface area contributed by atoms with Gasteiger partial charge in [-0.2, -0.15) is 0 Å². The zero-order valence-corrected chi connectivity index (χ0v) is 28.7. The smallest absolute Gasteiger partial charge is 0.305 e. The third kappa shape index (κ3) is 33.0. The molecule has 0 aromatic heterocycles. The van der Waals surface area contributed by atoms with Crippen LogP contribution >= 0.6 is 0 Å². The van der Waals surface area contributed by atoms with Crippen LogP contribution in [0.4, 0.5) is 0 Å². The van der Waals surface area contributed by atoms with Crippen molar-refractivity contribution < 1.29 is 29.3 Å². The van der Waals surface area contributed by atoms with Gasteiger partial charge < -0.3 is 19.7 Å². The van der Waals surface area contributed by atoms with E-state index in [1.54, 1.807) is 6.08 Å². The van der Waals surface area contributed by atoms with Crippen molar-refractivity contribution in [1.82, 2.24) is 0 Å². The standard InChI is InChI=1S/C38H68O6/c1-4-5-6-7-8-9-10-11-12-15-18-21-24-28-35(39)29-26-31-38(42)44-33-36(40)32-43-37(41)30-25-22-19-16-13-14-17-20-23-27-34(2)3/h11-12,18,21,24,28,34-36,39-40H,4-10,13-17,19-20,22-23,25-27,29-33H2,1-3H3/b12-11+,21-18+,28-24+/t35?,36-/m0/s1. The lowest BCUT2D eigenvalue weighted by Crippen LogP contribution is -2.25. The minimum Gasteiger partial charge on any atom is -0.463 e. The molecule has 0 amide bonds. The van der Waals surface area contributed by atoms with E-state index < -0.39 is 18.2 Å². The van der Waals surface area contributed by atoms with Gasteiger partial charge in [0.2, 0.25) is 0 Å². The van der Waals surface area contributed by atoms with Gasteiger partial charge in [-0.25, -0.2) is 0 Å². The first kappa shape index (κ1) is 42.1. The van der Waals surface area contributed by atoms with Crippen molar-refractivity contribution in [3.05, 3.63) is 36.5 Å². The van der Waals surface area contributed by atoms with Crippen LogP contribution in [0.1, 0.15) is 162 Å². The molecule has 0 aromatic rings. The number of hydrogen-bond acceptors (Lipinski definition) is 6. The average Bonchev–Trinajstić information content (AvgIpc) is 2.99. The van der Waals surface area contributed by atoms with Crippen LogP contribution in [0.15, 0.2) is 36.5 Å². The van der Waals surface area contributed by atoms with Gasteiger partial charge in [0.25, 0.3) is 0 Å². The number of aliphatic hydroxyl groups excluding tert-OH is 2. The van der Waals surface area contributed by atoms with E-state index in [0.717, 1.165) is 38.0 Å². The third-order valence-corrected chi connectivity index (χ3v) is 7.66. The van der Waals surface area contributed by atoms with E-state index in [1.165, 1.54) is 83.5 Å². The summed E-state index contributed by atoms with van der Waals surface area (Å²) in [5, 5.41) is 20.0. The van der Waals surface area contributed by atoms with Crippen LogP contribution in [0.2, 0.25) is 0 Å². The van der Waals surface area contributed by atoms with Gasteiger partial charge in [-0.3, -0.25) is 9.59 Å². The summed E-state index contributed by atoms with van der Waals surface area (Å²) in [6, 6.07) is 0. The van der Waals surface area contributed by atoms with Gasteiger partial charge in [0.05, 0.1) is 6.10 Å². The van der Waals surface area contributed by atoms with Gasteiger partial charge in [-0.1, -0.05) is 147 Å². The predicted molar refractivity (Wildman–Crippen MR) is 183 cm³/mol. The molecule has 0 aliphatic heterocycles. The minimum absolute atomic E-state index is 0.161. The first-order valence-corrected chi connectivity index (χ1v) is 18.0. The average molecular weight is 621 g/mol. The van der Waals surface area contributed by atoms with Crippen molar-refractivity contribution in [3.8, 4) is 0 Å². The number of unbranched alkanes of at least 4 members (excludes halogenated alkanes) is 14. The van der Waals surface area contributed by atoms with Gasteiger partial charge in [-0.15, -0.1) is 0 Å². The molecule has 44 heavy (non-hydrogen) atoms. The Bertz CT molecular complexity index is 742. The zero-order valence-electron chi connectivity index (χ0n) is 28.7. The molecular weight excluding hydrogens is 552 g/mol. The molecule has 0 bridgehead atoms. The van der Waals surface area contributed by atoms with Crippen molar-refractivity contribution >= 4 is 11.9 Å². The largest absolute Gasteiger partial charge is 0.463 e. The van der Waals surface area contributed by atoms with Crippen molar-refractivity contribution in [2.75, 3.05) is 13.2 Å². The molecule has 0 spiro atoms. The van der Waals surface area contributed by atoms with Gasteiger partial charge >= 0.3 is 11.9 Å². The number of hydrogen-bond donors (Lipinski definition) is 2. The van der Waals surface area contributed by atoms with E-state index >= 15 is 0 Å². The Morgan fingerprint density at radius 2 is 1.16 bits per heavy atom. The predicted octanol–water partition coefficient (Wildman–Crippen LogP) is 9.72. The number of ether oxygens (including phenoxy) is 2. The van der Waals surface area contributed by atoms with E-state index in [1.807, 2.05) is 12.2 Å². The van der Waals surface area contributed by atoms with Gasteiger partial charge in [0.1, 0.15) is 19.3 Å². The number of aliphatic hydroxyl groups is 2. The van der Waals surface area contributed by atoms with E-state index in [0.29, 0.717) is 19.3 Å². The molecule has 2 N–H and O–H groups in total. The molecule has 6 nitrogen and oxygen atoms in total. The molecule has 0 rings (SSSR count). The second-order valence-corrected chi connectivity index (χ2v) is 12.7. The van der Waals surface area contributed by atoms with Crippen molar-refractivity contribution in [2.24, 2.45) is 5.92 Å². The van der Waals surface area contributed by atoms with Crippen molar-refractivity contribution in [3.63, 3.8) is 0 Å². The highest BCUT2D eigenvalue weighted by atomic mass is 16.6. The molecule has 6 heteroatoms. The normalized spacial score (nSPS) is 13.4. The minimum atomic E-state index is -1.03. The van der Waals surface area contributed by atoms with Crippen LogP contribution in [0, 0.1) is 5.92 Å². The van der Waals surface area contributed by atoms with Crippen LogP contribution in [-0.2, 0) is 19.1 Å². The molecule has 0 fully saturated rings. The maximum atomic E-state index is 11.9. The summed E-state index contributed by atoms with van der Waals surface area (Å²) in [4.78, 5) is 23.8. The molecule has 2 atom stereocenters. The summed E-state index contributed by atoms with van der Waals surface area (Å²) in [6.45, 7) is 6.43. The highest BCUT2D eigenvalue weighted by molar-refractivity contribution is 5.69. The molecule has 0 saturated heterocycles. The summed E-state index contributed by atoms with van der Waals surface area (Å²) in [5.41, 5.74) is 0. The summed E-state index contributed by atoms with van der Waals surface area (Å²) >= 11 is 0. The SMILES string of the molecule is CCCCCCCC/C=C/C/C=C/C=C/C(O)CCCC(=O)OC[C@@H](O)COC(=O)CCCCCCCCCCCC(C)C. The van der Waals surface area contributed by atoms with Crippen LogP contribution in [0.25, 0.3) is 0 Å². The first-order valence-electron chi connectivity index (χ1n) is 18.0. The lowest BCUT2D eigenvalue weighted by Gasteiger charge is -2.12. The summed E-state index contributed by atoms with van der Waals surface area (Å²) < 4.78 is 10.2. The molecule has 0 radical (unpaired) electrons. The molecule has 1 unspecified atom stereocenters. The number of allylic oxidation sites excluding steroid dienone is 5. The zero-order chi connectivity index (χ0) is 32.5. The monoisotopic (exact) mass is 621 g/mol. The molecule has 256 valence electrons. The summed E-state index contributed by atoms with van der Waals surface area (Å²) in [6.07, 6.45) is 33.8. The van der Waals surface area contributed by atoms with E-state index in [2.05, 4.69) is 39.0 Å². The van der Waals surface area contributed by atoms with Crippen LogP contribution < -0.4 is 0 Å². The second kappa shape index (κ2) is 32.5. The Morgan fingerprint density at radius 1 is 0.614 bits per heavy atom. The van der Waals surface area contributed by atoms with E-state index in [9.17, 15) is 19.8 Å². The first-order chi connectivity index (χ1) is 21.3. The number of rotatable bonds is 31. The lowest BCUT2D eigenvalue weighted by atomic mass is 10.0. The second-order valence-electron chi connectivity index (χ2n) is 12.7. The fourth-order valence-electron chi connectivity index (χ4n) is 4.87. The fraction of sp³-hybridized carbons (Fsp3) is 0.789. The molecule has 0 aliphatic carbocycles. The highest BCUT2D eigenvalue weighted by Gasteiger charge is 2.12. The van der Waals surface area contributed by atoms with E-state index in [4.69, 9.17) is 9.47 Å². The maximum absolute atomic E-state index is 11.9. The van der Waals surface area contributed by atoms with Crippen molar-refractivity contribution in [2.45, 2.75) is 174 Å². The fourth-order valence-corrected chi connectivity index (χ4v) is 4.87. The van der Waals surface area contributed by atoms with Gasteiger partial charge in [0, 0.05) is 12.8 Å². The summed E-state index contributed by atoms with van der Waals surface area (Å²) in [7, 11) is 0. The van der Waals surface area contributed by atoms with E-state index in [-0.39, 0.29) is 25.6 Å². The Morgan fingerprint density at radius 3 is 1.77 bits per heavy atom. The topological polar surface area (TPSA) is 93.1 Å². The van der Waals surface area contributed by atoms with Crippen molar-refractivity contribution in [1.29, 1.82) is 0 Å². The van der Waals surface area contributed by atoms with Crippen LogP contribution in [-0.4, -0.2) is 47.6 Å². The Balaban J connectivity index is 3.65. The Kier molecular flexibility index (Phi) is 31.1. The van der Waals surface area contributed by atoms with Crippen LogP contribution in [0.5, 0.6) is 0 Å².